The number of imide groups is 1. The van der Waals surface area contributed by atoms with Crippen LogP contribution in [-0.4, -0.2) is 44.4 Å². The third-order valence-electron chi connectivity index (χ3n) is 2.48. The first kappa shape index (κ1) is 13.8. The molecule has 0 aliphatic heterocycles. The molecule has 1 fully saturated rings. The number of rotatable bonds is 6. The highest BCUT2D eigenvalue weighted by Crippen LogP contribution is 2.36. The van der Waals surface area contributed by atoms with Gasteiger partial charge in [0.2, 0.25) is 11.1 Å². The van der Waals surface area contributed by atoms with Crippen molar-refractivity contribution in [3.63, 3.8) is 0 Å². The second-order valence-corrected chi connectivity index (χ2v) is 5.17. The predicted octanol–water partition coefficient (Wildman–Crippen LogP) is 0.336. The van der Waals surface area contributed by atoms with Crippen molar-refractivity contribution in [3.05, 3.63) is 0 Å². The molecule has 1 saturated carbocycles. The SMILES string of the molecule is CCCNC(=O)NC(=O)CSc1nnnn1C1CC1. The van der Waals surface area contributed by atoms with Crippen molar-refractivity contribution in [2.45, 2.75) is 37.4 Å². The average molecular weight is 284 g/mol. The smallest absolute Gasteiger partial charge is 0.321 e. The third kappa shape index (κ3) is 4.19. The van der Waals surface area contributed by atoms with Gasteiger partial charge in [-0.15, -0.1) is 5.10 Å². The third-order valence-corrected chi connectivity index (χ3v) is 3.41. The summed E-state index contributed by atoms with van der Waals surface area (Å²) in [5, 5.41) is 16.8. The van der Waals surface area contributed by atoms with E-state index in [0.717, 1.165) is 19.3 Å². The van der Waals surface area contributed by atoms with Crippen LogP contribution in [0.25, 0.3) is 0 Å². The molecule has 0 unspecified atom stereocenters. The lowest BCUT2D eigenvalue weighted by Gasteiger charge is -2.05. The molecular weight excluding hydrogens is 268 g/mol. The summed E-state index contributed by atoms with van der Waals surface area (Å²) >= 11 is 1.23. The number of amides is 3. The number of carbonyl (C=O) groups is 2. The summed E-state index contributed by atoms with van der Waals surface area (Å²) in [5.74, 6) is -0.240. The standard InChI is InChI=1S/C10H16N6O2S/c1-2-5-11-9(18)12-8(17)6-19-10-13-14-15-16(10)7-3-4-7/h7H,2-6H2,1H3,(H2,11,12,17,18). The number of urea groups is 1. The summed E-state index contributed by atoms with van der Waals surface area (Å²) in [7, 11) is 0. The van der Waals surface area contributed by atoms with E-state index in [2.05, 4.69) is 26.2 Å². The van der Waals surface area contributed by atoms with Gasteiger partial charge in [0.1, 0.15) is 0 Å². The lowest BCUT2D eigenvalue weighted by atomic mass is 10.5. The average Bonchev–Trinajstić information content (AvgIpc) is 3.13. The summed E-state index contributed by atoms with van der Waals surface area (Å²) in [4.78, 5) is 22.8. The van der Waals surface area contributed by atoms with Crippen LogP contribution in [0.3, 0.4) is 0 Å². The first-order chi connectivity index (χ1) is 9.20. The summed E-state index contributed by atoms with van der Waals surface area (Å²) in [6, 6.07) is -0.0948. The van der Waals surface area contributed by atoms with Crippen LogP contribution >= 0.6 is 11.8 Å². The van der Waals surface area contributed by atoms with Crippen molar-refractivity contribution in [2.24, 2.45) is 0 Å². The van der Waals surface area contributed by atoms with Crippen LogP contribution in [0.4, 0.5) is 4.79 Å². The normalized spacial score (nSPS) is 14.2. The second kappa shape index (κ2) is 6.50. The molecule has 2 N–H and O–H groups in total. The van der Waals surface area contributed by atoms with E-state index in [9.17, 15) is 9.59 Å². The lowest BCUT2D eigenvalue weighted by molar-refractivity contribution is -0.117. The minimum Gasteiger partial charge on any atom is -0.338 e. The highest BCUT2D eigenvalue weighted by Gasteiger charge is 2.28. The Morgan fingerprint density at radius 1 is 1.47 bits per heavy atom. The van der Waals surface area contributed by atoms with Gasteiger partial charge in [-0.05, 0) is 29.7 Å². The summed E-state index contributed by atoms with van der Waals surface area (Å²) in [6.45, 7) is 2.49. The predicted molar refractivity (Wildman–Crippen MR) is 68.6 cm³/mol. The zero-order valence-corrected chi connectivity index (χ0v) is 11.4. The van der Waals surface area contributed by atoms with E-state index in [0.29, 0.717) is 17.7 Å². The minimum atomic E-state index is -0.464. The molecule has 0 saturated heterocycles. The van der Waals surface area contributed by atoms with Crippen molar-refractivity contribution in [1.82, 2.24) is 30.8 Å². The van der Waals surface area contributed by atoms with Gasteiger partial charge in [-0.3, -0.25) is 10.1 Å². The number of thioether (sulfide) groups is 1. The Morgan fingerprint density at radius 2 is 2.26 bits per heavy atom. The maximum atomic E-state index is 11.5. The van der Waals surface area contributed by atoms with Gasteiger partial charge in [0.25, 0.3) is 0 Å². The molecule has 0 atom stereocenters. The first-order valence-electron chi connectivity index (χ1n) is 6.19. The molecule has 8 nitrogen and oxygen atoms in total. The van der Waals surface area contributed by atoms with E-state index in [1.165, 1.54) is 11.8 Å². The molecule has 1 aromatic heterocycles. The first-order valence-corrected chi connectivity index (χ1v) is 7.17. The van der Waals surface area contributed by atoms with Crippen LogP contribution in [-0.2, 0) is 4.79 Å². The van der Waals surface area contributed by atoms with Gasteiger partial charge >= 0.3 is 6.03 Å². The maximum Gasteiger partial charge on any atom is 0.321 e. The number of nitrogens with one attached hydrogen (secondary N) is 2. The zero-order valence-electron chi connectivity index (χ0n) is 10.6. The quantitative estimate of drug-likeness (QED) is 0.730. The molecule has 104 valence electrons. The Kier molecular flexibility index (Phi) is 4.72. The lowest BCUT2D eigenvalue weighted by Crippen LogP contribution is -2.40. The van der Waals surface area contributed by atoms with Crippen LogP contribution in [0.5, 0.6) is 0 Å². The fourth-order valence-electron chi connectivity index (χ4n) is 1.40. The summed E-state index contributed by atoms with van der Waals surface area (Å²) < 4.78 is 1.73. The fourth-order valence-corrected chi connectivity index (χ4v) is 2.15. The van der Waals surface area contributed by atoms with Crippen molar-refractivity contribution in [2.75, 3.05) is 12.3 Å². The molecule has 1 aromatic rings. The van der Waals surface area contributed by atoms with Crippen molar-refractivity contribution >= 4 is 23.7 Å². The maximum absolute atomic E-state index is 11.5. The van der Waals surface area contributed by atoms with Crippen LogP contribution in [0.2, 0.25) is 0 Å². The van der Waals surface area contributed by atoms with Crippen molar-refractivity contribution in [3.8, 4) is 0 Å². The van der Waals surface area contributed by atoms with Gasteiger partial charge in [0.15, 0.2) is 0 Å². The van der Waals surface area contributed by atoms with Gasteiger partial charge < -0.3 is 5.32 Å². The Balaban J connectivity index is 1.73. The summed E-state index contributed by atoms with van der Waals surface area (Å²) in [5.41, 5.74) is 0. The Hall–Kier alpha value is -1.64. The van der Waals surface area contributed by atoms with Crippen LogP contribution in [0.15, 0.2) is 5.16 Å². The molecule has 2 rings (SSSR count). The Morgan fingerprint density at radius 3 is 2.95 bits per heavy atom. The molecular formula is C10H16N6O2S. The van der Waals surface area contributed by atoms with Gasteiger partial charge in [-0.2, -0.15) is 0 Å². The Bertz CT molecular complexity index is 459. The molecule has 0 aromatic carbocycles. The molecule has 9 heteroatoms. The highest BCUT2D eigenvalue weighted by molar-refractivity contribution is 7.99. The van der Waals surface area contributed by atoms with Crippen LogP contribution in [0, 0.1) is 0 Å². The van der Waals surface area contributed by atoms with Crippen LogP contribution < -0.4 is 10.6 Å². The molecule has 3 amide bonds. The number of nitrogens with zero attached hydrogens (tertiary/aromatic N) is 4. The number of aromatic nitrogens is 4. The highest BCUT2D eigenvalue weighted by atomic mass is 32.2. The van der Waals surface area contributed by atoms with Gasteiger partial charge in [-0.1, -0.05) is 18.7 Å². The van der Waals surface area contributed by atoms with Crippen molar-refractivity contribution < 1.29 is 9.59 Å². The minimum absolute atomic E-state index is 0.118. The van der Waals surface area contributed by atoms with Gasteiger partial charge in [0.05, 0.1) is 11.8 Å². The molecule has 0 spiro atoms. The number of hydrogen-bond acceptors (Lipinski definition) is 6. The number of hydrogen-bond donors (Lipinski definition) is 2. The molecule has 0 bridgehead atoms. The molecule has 19 heavy (non-hydrogen) atoms. The second-order valence-electron chi connectivity index (χ2n) is 4.23. The Labute approximate surface area is 114 Å². The van der Waals surface area contributed by atoms with E-state index in [1.807, 2.05) is 6.92 Å². The van der Waals surface area contributed by atoms with E-state index in [4.69, 9.17) is 0 Å². The van der Waals surface area contributed by atoms with Gasteiger partial charge in [0, 0.05) is 6.54 Å². The molecule has 0 radical (unpaired) electrons. The largest absolute Gasteiger partial charge is 0.338 e. The van der Waals surface area contributed by atoms with Crippen molar-refractivity contribution in [1.29, 1.82) is 0 Å². The van der Waals surface area contributed by atoms with Crippen LogP contribution in [0.1, 0.15) is 32.2 Å². The van der Waals surface area contributed by atoms with E-state index < -0.39 is 6.03 Å². The summed E-state index contributed by atoms with van der Waals surface area (Å²) in [6.07, 6.45) is 2.97. The molecule has 1 aliphatic rings. The molecule has 1 aliphatic carbocycles. The molecule has 1 heterocycles. The number of tetrazole rings is 1. The van der Waals surface area contributed by atoms with E-state index >= 15 is 0 Å². The van der Waals surface area contributed by atoms with Gasteiger partial charge in [-0.25, -0.2) is 9.48 Å². The monoisotopic (exact) mass is 284 g/mol. The van der Waals surface area contributed by atoms with E-state index in [1.54, 1.807) is 4.68 Å². The topological polar surface area (TPSA) is 102 Å². The fraction of sp³-hybridized carbons (Fsp3) is 0.700. The zero-order chi connectivity index (χ0) is 13.7. The van der Waals surface area contributed by atoms with E-state index in [-0.39, 0.29) is 11.7 Å². The number of carbonyl (C=O) groups excluding carboxylic acids is 2.